The van der Waals surface area contributed by atoms with Crippen LogP contribution in [0.25, 0.3) is 0 Å². The highest BCUT2D eigenvalue weighted by molar-refractivity contribution is 9.10. The molecule has 0 aliphatic carbocycles. The van der Waals surface area contributed by atoms with Crippen molar-refractivity contribution < 1.29 is 5.11 Å². The van der Waals surface area contributed by atoms with Crippen molar-refractivity contribution in [3.05, 3.63) is 33.3 Å². The van der Waals surface area contributed by atoms with Gasteiger partial charge in [-0.1, -0.05) is 17.7 Å². The van der Waals surface area contributed by atoms with Gasteiger partial charge in [0.25, 0.3) is 0 Å². The maximum absolute atomic E-state index is 8.76. The van der Waals surface area contributed by atoms with E-state index in [-0.39, 0.29) is 12.6 Å². The van der Waals surface area contributed by atoms with Crippen LogP contribution in [0.4, 0.5) is 0 Å². The predicted molar refractivity (Wildman–Crippen MR) is 57.9 cm³/mol. The third-order valence-electron chi connectivity index (χ3n) is 1.72. The van der Waals surface area contributed by atoms with Crippen LogP contribution in [0.2, 0.25) is 5.02 Å². The third-order valence-corrected chi connectivity index (χ3v) is 2.93. The summed E-state index contributed by atoms with van der Waals surface area (Å²) in [5.41, 5.74) is 6.66. The molecule has 0 aliphatic heterocycles. The number of halogens is 2. The summed E-state index contributed by atoms with van der Waals surface area (Å²) < 4.78 is 0.858. The molecule has 2 nitrogen and oxygen atoms in total. The molecule has 0 aliphatic rings. The van der Waals surface area contributed by atoms with Gasteiger partial charge in [0, 0.05) is 10.5 Å². The van der Waals surface area contributed by atoms with E-state index in [9.17, 15) is 0 Å². The molecule has 0 fully saturated rings. The van der Waals surface area contributed by atoms with E-state index in [4.69, 9.17) is 22.4 Å². The lowest BCUT2D eigenvalue weighted by molar-refractivity contribution is 0.265. The second-order valence-electron chi connectivity index (χ2n) is 2.90. The number of nitrogens with two attached hydrogens (primary N) is 1. The zero-order chi connectivity index (χ0) is 9.84. The molecule has 1 rings (SSSR count). The first kappa shape index (κ1) is 11.0. The lowest BCUT2D eigenvalue weighted by Crippen LogP contribution is -2.26. The van der Waals surface area contributed by atoms with Crippen molar-refractivity contribution in [3.63, 3.8) is 0 Å². The van der Waals surface area contributed by atoms with E-state index >= 15 is 0 Å². The zero-order valence-electron chi connectivity index (χ0n) is 7.00. The quantitative estimate of drug-likeness (QED) is 0.877. The van der Waals surface area contributed by atoms with Gasteiger partial charge in [-0.2, -0.15) is 0 Å². The molecule has 0 heterocycles. The van der Waals surface area contributed by atoms with Crippen LogP contribution in [-0.4, -0.2) is 17.8 Å². The van der Waals surface area contributed by atoms with Gasteiger partial charge in [-0.3, -0.25) is 0 Å². The van der Waals surface area contributed by atoms with Gasteiger partial charge in [0.1, 0.15) is 0 Å². The smallest absolute Gasteiger partial charge is 0.0585 e. The maximum Gasteiger partial charge on any atom is 0.0585 e. The molecule has 3 N–H and O–H groups in total. The van der Waals surface area contributed by atoms with Crippen LogP contribution in [0.15, 0.2) is 22.7 Å². The topological polar surface area (TPSA) is 46.2 Å². The Morgan fingerprint density at radius 1 is 1.54 bits per heavy atom. The van der Waals surface area contributed by atoms with Crippen LogP contribution in [0, 0.1) is 0 Å². The Bertz CT molecular complexity index is 293. The standard InChI is InChI=1S/C9H11BrClNO/c10-8-4-6(1-2-9(8)11)3-7(12)5-13/h1-2,4,7,13H,3,5,12H2. The first-order chi connectivity index (χ1) is 6.13. The van der Waals surface area contributed by atoms with Gasteiger partial charge in [0.2, 0.25) is 0 Å². The molecular formula is C9H11BrClNO. The fraction of sp³-hybridized carbons (Fsp3) is 0.333. The van der Waals surface area contributed by atoms with Crippen LogP contribution in [0.3, 0.4) is 0 Å². The molecular weight excluding hydrogens is 253 g/mol. The summed E-state index contributed by atoms with van der Waals surface area (Å²) in [5, 5.41) is 9.44. The summed E-state index contributed by atoms with van der Waals surface area (Å²) in [6.07, 6.45) is 0.659. The second kappa shape index (κ2) is 4.96. The van der Waals surface area contributed by atoms with Gasteiger partial charge >= 0.3 is 0 Å². The zero-order valence-corrected chi connectivity index (χ0v) is 9.35. The minimum absolute atomic E-state index is 0.000244. The number of rotatable bonds is 3. The highest BCUT2D eigenvalue weighted by atomic mass is 79.9. The first-order valence-electron chi connectivity index (χ1n) is 3.94. The van der Waals surface area contributed by atoms with E-state index in [0.717, 1.165) is 10.0 Å². The minimum atomic E-state index is -0.201. The monoisotopic (exact) mass is 263 g/mol. The van der Waals surface area contributed by atoms with Crippen LogP contribution in [0.1, 0.15) is 5.56 Å². The highest BCUT2D eigenvalue weighted by Gasteiger charge is 2.04. The molecule has 0 spiro atoms. The predicted octanol–water partition coefficient (Wildman–Crippen LogP) is 1.96. The Morgan fingerprint density at radius 2 is 2.23 bits per heavy atom. The molecule has 0 bridgehead atoms. The summed E-state index contributed by atoms with van der Waals surface area (Å²) >= 11 is 9.15. The van der Waals surface area contributed by atoms with Gasteiger partial charge in [-0.05, 0) is 40.0 Å². The molecule has 1 atom stereocenters. The molecule has 0 saturated heterocycles. The van der Waals surface area contributed by atoms with Crippen molar-refractivity contribution in [3.8, 4) is 0 Å². The van der Waals surface area contributed by atoms with Crippen LogP contribution < -0.4 is 5.73 Å². The molecule has 0 amide bonds. The molecule has 13 heavy (non-hydrogen) atoms. The summed E-state index contributed by atoms with van der Waals surface area (Å²) in [4.78, 5) is 0. The molecule has 72 valence electrons. The van der Waals surface area contributed by atoms with E-state index in [2.05, 4.69) is 15.9 Å². The summed E-state index contributed by atoms with van der Waals surface area (Å²) in [6, 6.07) is 5.43. The Hall–Kier alpha value is -0.0900. The van der Waals surface area contributed by atoms with Gasteiger partial charge in [0.05, 0.1) is 11.6 Å². The molecule has 1 aromatic rings. The second-order valence-corrected chi connectivity index (χ2v) is 4.16. The summed E-state index contributed by atoms with van der Waals surface area (Å²) in [6.45, 7) is 0.000244. The first-order valence-corrected chi connectivity index (χ1v) is 5.11. The van der Waals surface area contributed by atoms with Crippen molar-refractivity contribution in [2.45, 2.75) is 12.5 Å². The summed E-state index contributed by atoms with van der Waals surface area (Å²) in [7, 11) is 0. The average Bonchev–Trinajstić information content (AvgIpc) is 2.11. The minimum Gasteiger partial charge on any atom is -0.395 e. The largest absolute Gasteiger partial charge is 0.395 e. The third kappa shape index (κ3) is 3.27. The van der Waals surface area contributed by atoms with Crippen molar-refractivity contribution in [1.82, 2.24) is 0 Å². The van der Waals surface area contributed by atoms with Gasteiger partial charge in [-0.15, -0.1) is 0 Å². The lowest BCUT2D eigenvalue weighted by Gasteiger charge is -2.08. The fourth-order valence-electron chi connectivity index (χ4n) is 1.03. The van der Waals surface area contributed by atoms with E-state index in [0.29, 0.717) is 11.4 Å². The van der Waals surface area contributed by atoms with Crippen molar-refractivity contribution in [2.24, 2.45) is 5.73 Å². The normalized spacial score (nSPS) is 12.9. The molecule has 1 unspecified atom stereocenters. The van der Waals surface area contributed by atoms with Crippen LogP contribution in [0.5, 0.6) is 0 Å². The van der Waals surface area contributed by atoms with E-state index in [1.54, 1.807) is 0 Å². The number of aliphatic hydroxyl groups is 1. The van der Waals surface area contributed by atoms with Gasteiger partial charge < -0.3 is 10.8 Å². The fourth-order valence-corrected chi connectivity index (χ4v) is 1.58. The molecule has 0 saturated carbocycles. The van der Waals surface area contributed by atoms with Crippen molar-refractivity contribution in [1.29, 1.82) is 0 Å². The molecule has 0 radical (unpaired) electrons. The molecule has 1 aromatic carbocycles. The van der Waals surface area contributed by atoms with E-state index < -0.39 is 0 Å². The Balaban J connectivity index is 2.73. The van der Waals surface area contributed by atoms with Crippen molar-refractivity contribution in [2.75, 3.05) is 6.61 Å². The van der Waals surface area contributed by atoms with Crippen LogP contribution >= 0.6 is 27.5 Å². The number of hydrogen-bond donors (Lipinski definition) is 2. The SMILES string of the molecule is NC(CO)Cc1ccc(Cl)c(Br)c1. The Morgan fingerprint density at radius 3 is 2.77 bits per heavy atom. The van der Waals surface area contributed by atoms with E-state index in [1.807, 2.05) is 18.2 Å². The van der Waals surface area contributed by atoms with Gasteiger partial charge in [-0.25, -0.2) is 0 Å². The average molecular weight is 265 g/mol. The Kier molecular flexibility index (Phi) is 4.19. The number of benzene rings is 1. The summed E-state index contributed by atoms with van der Waals surface area (Å²) in [5.74, 6) is 0. The number of hydrogen-bond acceptors (Lipinski definition) is 2. The Labute approximate surface area is 90.8 Å². The van der Waals surface area contributed by atoms with E-state index in [1.165, 1.54) is 0 Å². The number of aliphatic hydroxyl groups excluding tert-OH is 1. The highest BCUT2D eigenvalue weighted by Crippen LogP contribution is 2.23. The van der Waals surface area contributed by atoms with Gasteiger partial charge in [0.15, 0.2) is 0 Å². The maximum atomic E-state index is 8.76. The van der Waals surface area contributed by atoms with Crippen molar-refractivity contribution >= 4 is 27.5 Å². The molecule has 0 aromatic heterocycles. The van der Waals surface area contributed by atoms with Crippen LogP contribution in [-0.2, 0) is 6.42 Å². The lowest BCUT2D eigenvalue weighted by atomic mass is 10.1. The molecule has 4 heteroatoms.